The Morgan fingerprint density at radius 1 is 0.480 bits per heavy atom. The van der Waals surface area contributed by atoms with Gasteiger partial charge in [-0.3, -0.25) is 0 Å². The number of hydrogen-bond donors (Lipinski definition) is 1. The highest BCUT2D eigenvalue weighted by atomic mass is 32.1. The van der Waals surface area contributed by atoms with Crippen LogP contribution in [-0.4, -0.2) is 16.2 Å². The van der Waals surface area contributed by atoms with Gasteiger partial charge in [-0.25, -0.2) is 9.98 Å². The molecule has 3 heterocycles. The first-order valence-corrected chi connectivity index (χ1v) is 17.7. The summed E-state index contributed by atoms with van der Waals surface area (Å²) in [5.74, 6) is 1.55. The summed E-state index contributed by atoms with van der Waals surface area (Å²) in [4.78, 5) is 10.1. The van der Waals surface area contributed by atoms with Crippen molar-refractivity contribution in [3.63, 3.8) is 0 Å². The van der Waals surface area contributed by atoms with Crippen molar-refractivity contribution in [2.75, 3.05) is 0 Å². The van der Waals surface area contributed by atoms with Crippen LogP contribution in [0.1, 0.15) is 22.9 Å². The second kappa shape index (κ2) is 11.7. The van der Waals surface area contributed by atoms with Crippen LogP contribution in [0.25, 0.3) is 58.8 Å². The quantitative estimate of drug-likeness (QED) is 0.196. The number of rotatable bonds is 5. The summed E-state index contributed by atoms with van der Waals surface area (Å²) in [5, 5.41) is 8.61. The van der Waals surface area contributed by atoms with Crippen LogP contribution >= 0.6 is 11.3 Å². The molecule has 10 rings (SSSR count). The minimum Gasteiger partial charge on any atom is -0.344 e. The van der Waals surface area contributed by atoms with Gasteiger partial charge in [-0.05, 0) is 71.3 Å². The maximum atomic E-state index is 5.08. The summed E-state index contributed by atoms with van der Waals surface area (Å²) in [5.41, 5.74) is 9.14. The molecule has 0 bridgehead atoms. The fourth-order valence-electron chi connectivity index (χ4n) is 7.23. The normalized spacial score (nSPS) is 14.6. The highest BCUT2D eigenvalue weighted by molar-refractivity contribution is 7.25. The topological polar surface area (TPSA) is 41.7 Å². The van der Waals surface area contributed by atoms with E-state index in [1.165, 1.54) is 53.1 Å². The summed E-state index contributed by atoms with van der Waals surface area (Å²) in [6.45, 7) is 0. The third kappa shape index (κ3) is 4.82. The number of fused-ring (bicyclic) bond motifs is 6. The number of amidine groups is 2. The molecule has 9 aromatic rings. The molecular weight excluding hydrogens is 629 g/mol. The van der Waals surface area contributed by atoms with E-state index in [9.17, 15) is 0 Å². The molecular formula is C45H30N4S. The van der Waals surface area contributed by atoms with Gasteiger partial charge in [0, 0.05) is 47.8 Å². The molecule has 5 heteroatoms. The van der Waals surface area contributed by atoms with Crippen molar-refractivity contribution in [2.24, 2.45) is 9.98 Å². The van der Waals surface area contributed by atoms with Gasteiger partial charge in [0.2, 0.25) is 0 Å². The first-order chi connectivity index (χ1) is 24.8. The van der Waals surface area contributed by atoms with E-state index < -0.39 is 0 Å². The van der Waals surface area contributed by atoms with Gasteiger partial charge in [0.05, 0.1) is 11.0 Å². The number of benzene rings is 7. The smallest absolute Gasteiger partial charge is 0.159 e. The number of nitrogens with one attached hydrogen (secondary N) is 1. The third-order valence-electron chi connectivity index (χ3n) is 9.65. The minimum absolute atomic E-state index is 0.238. The van der Waals surface area contributed by atoms with Crippen molar-refractivity contribution in [1.29, 1.82) is 0 Å². The zero-order chi connectivity index (χ0) is 33.0. The van der Waals surface area contributed by atoms with Gasteiger partial charge in [-0.2, -0.15) is 0 Å². The molecule has 1 aliphatic heterocycles. The predicted molar refractivity (Wildman–Crippen MR) is 211 cm³/mol. The molecule has 0 radical (unpaired) electrons. The monoisotopic (exact) mass is 658 g/mol. The number of aromatic nitrogens is 1. The SMILES string of the molecule is c1ccc(C2=NC(c3ccccc3)NC(c3ccc4sc5ccc(-n6c7ccccc7c7cc(-c8ccccc8)ccc76)cc5c4c3)=N2)cc1. The molecule has 1 atom stereocenters. The molecule has 1 unspecified atom stereocenters. The molecule has 4 nitrogen and oxygen atoms in total. The lowest BCUT2D eigenvalue weighted by Gasteiger charge is -2.23. The summed E-state index contributed by atoms with van der Waals surface area (Å²) in [7, 11) is 0. The second-order valence-corrected chi connectivity index (χ2v) is 13.8. The first kappa shape index (κ1) is 28.7. The average Bonchev–Trinajstić information content (AvgIpc) is 3.73. The molecule has 1 aliphatic rings. The van der Waals surface area contributed by atoms with Crippen molar-refractivity contribution < 1.29 is 0 Å². The van der Waals surface area contributed by atoms with Crippen LogP contribution in [0.2, 0.25) is 0 Å². The van der Waals surface area contributed by atoms with Crippen LogP contribution in [0.4, 0.5) is 0 Å². The van der Waals surface area contributed by atoms with E-state index in [2.05, 4.69) is 155 Å². The van der Waals surface area contributed by atoms with Gasteiger partial charge in [-0.1, -0.05) is 115 Å². The number of thiophene rings is 1. The van der Waals surface area contributed by atoms with Crippen LogP contribution in [0.5, 0.6) is 0 Å². The molecule has 0 fully saturated rings. The van der Waals surface area contributed by atoms with E-state index in [0.717, 1.165) is 34.0 Å². The van der Waals surface area contributed by atoms with E-state index in [-0.39, 0.29) is 6.17 Å². The Morgan fingerprint density at radius 3 is 1.90 bits per heavy atom. The van der Waals surface area contributed by atoms with Gasteiger partial charge in [0.1, 0.15) is 12.0 Å². The molecule has 0 amide bonds. The van der Waals surface area contributed by atoms with Crippen molar-refractivity contribution in [1.82, 2.24) is 9.88 Å². The summed E-state index contributed by atoms with van der Waals surface area (Å²) in [6, 6.07) is 60.4. The van der Waals surface area contributed by atoms with Gasteiger partial charge in [-0.15, -0.1) is 11.3 Å². The third-order valence-corrected chi connectivity index (χ3v) is 10.8. The number of para-hydroxylation sites is 1. The molecule has 0 aliphatic carbocycles. The Bertz CT molecular complexity index is 2780. The van der Waals surface area contributed by atoms with E-state index in [1.54, 1.807) is 0 Å². The Hall–Kier alpha value is -6.30. The van der Waals surface area contributed by atoms with E-state index in [4.69, 9.17) is 9.98 Å². The van der Waals surface area contributed by atoms with Crippen LogP contribution in [0.3, 0.4) is 0 Å². The van der Waals surface area contributed by atoms with Gasteiger partial charge < -0.3 is 9.88 Å². The van der Waals surface area contributed by atoms with Crippen molar-refractivity contribution >= 4 is 65.0 Å². The van der Waals surface area contributed by atoms with Crippen molar-refractivity contribution in [3.8, 4) is 16.8 Å². The number of hydrogen-bond acceptors (Lipinski definition) is 4. The van der Waals surface area contributed by atoms with Gasteiger partial charge in [0.25, 0.3) is 0 Å². The molecule has 0 saturated heterocycles. The van der Waals surface area contributed by atoms with Crippen molar-refractivity contribution in [3.05, 3.63) is 187 Å². The lowest BCUT2D eigenvalue weighted by molar-refractivity contribution is 0.674. The van der Waals surface area contributed by atoms with Gasteiger partial charge >= 0.3 is 0 Å². The molecule has 0 saturated carbocycles. The molecule has 2 aromatic heterocycles. The summed E-state index contributed by atoms with van der Waals surface area (Å²) < 4.78 is 4.93. The predicted octanol–water partition coefficient (Wildman–Crippen LogP) is 11.3. The fourth-order valence-corrected chi connectivity index (χ4v) is 8.30. The van der Waals surface area contributed by atoms with Gasteiger partial charge in [0.15, 0.2) is 5.84 Å². The molecule has 7 aromatic carbocycles. The van der Waals surface area contributed by atoms with E-state index in [1.807, 2.05) is 35.6 Å². The molecule has 0 spiro atoms. The molecule has 1 N–H and O–H groups in total. The van der Waals surface area contributed by atoms with Crippen LogP contribution in [0.15, 0.2) is 180 Å². The molecule has 236 valence electrons. The minimum atomic E-state index is -0.238. The zero-order valence-corrected chi connectivity index (χ0v) is 27.8. The standard InChI is InChI=1S/C45H30N4S/c1-4-12-29(13-5-1)32-20-23-40-36(26-32)35-18-10-11-19-39(35)49(40)34-22-25-42-38(28-34)37-27-33(21-24-41(37)50-42)45-47-43(30-14-6-2-7-15-30)46-44(48-45)31-16-8-3-9-17-31/h1-28,43H,(H,46,47,48). The van der Waals surface area contributed by atoms with E-state index in [0.29, 0.717) is 0 Å². The second-order valence-electron chi connectivity index (χ2n) is 12.7. The molecule has 50 heavy (non-hydrogen) atoms. The Labute approximate surface area is 293 Å². The number of aliphatic imine (C=N–C) groups is 2. The summed E-state index contributed by atoms with van der Waals surface area (Å²) in [6.07, 6.45) is -0.238. The number of nitrogens with zero attached hydrogens (tertiary/aromatic N) is 3. The Morgan fingerprint density at radius 2 is 1.10 bits per heavy atom. The average molecular weight is 659 g/mol. The van der Waals surface area contributed by atoms with Crippen LogP contribution < -0.4 is 5.32 Å². The van der Waals surface area contributed by atoms with E-state index >= 15 is 0 Å². The lowest BCUT2D eigenvalue weighted by atomic mass is 10.0. The Kier molecular flexibility index (Phi) is 6.71. The summed E-state index contributed by atoms with van der Waals surface area (Å²) >= 11 is 1.83. The fraction of sp³-hybridized carbons (Fsp3) is 0.0222. The van der Waals surface area contributed by atoms with Crippen LogP contribution in [0, 0.1) is 0 Å². The first-order valence-electron chi connectivity index (χ1n) is 16.9. The lowest BCUT2D eigenvalue weighted by Crippen LogP contribution is -2.33. The zero-order valence-electron chi connectivity index (χ0n) is 27.0. The van der Waals surface area contributed by atoms with Crippen molar-refractivity contribution in [2.45, 2.75) is 6.17 Å². The Balaban J connectivity index is 1.11. The highest BCUT2D eigenvalue weighted by Crippen LogP contribution is 2.39. The highest BCUT2D eigenvalue weighted by Gasteiger charge is 2.22. The maximum absolute atomic E-state index is 5.08. The van der Waals surface area contributed by atoms with Crippen LogP contribution in [-0.2, 0) is 0 Å². The maximum Gasteiger partial charge on any atom is 0.159 e. The largest absolute Gasteiger partial charge is 0.344 e.